The van der Waals surface area contributed by atoms with Gasteiger partial charge in [0, 0.05) is 55.9 Å². The molecule has 1 aromatic carbocycles. The van der Waals surface area contributed by atoms with E-state index in [1.54, 1.807) is 18.5 Å². The number of anilines is 1. The fourth-order valence-corrected chi connectivity index (χ4v) is 4.88. The summed E-state index contributed by atoms with van der Waals surface area (Å²) in [6.45, 7) is 1.93. The molecule has 3 heterocycles. The minimum absolute atomic E-state index is 0.0379. The fraction of sp³-hybridized carbons (Fsp3) is 0.360. The molecular formula is C25H27N3O3S. The van der Waals surface area contributed by atoms with Crippen molar-refractivity contribution in [1.82, 2.24) is 9.97 Å². The zero-order valence-corrected chi connectivity index (χ0v) is 18.8. The van der Waals surface area contributed by atoms with Gasteiger partial charge < -0.3 is 10.0 Å². The van der Waals surface area contributed by atoms with E-state index in [9.17, 15) is 14.7 Å². The van der Waals surface area contributed by atoms with Gasteiger partial charge >= 0.3 is 0 Å². The molecule has 4 rings (SSSR count). The number of pyridine rings is 1. The first-order valence-corrected chi connectivity index (χ1v) is 11.9. The third-order valence-electron chi connectivity index (χ3n) is 5.98. The number of hydrogen-bond donors (Lipinski definition) is 1. The number of benzene rings is 1. The van der Waals surface area contributed by atoms with E-state index in [1.807, 2.05) is 35.7 Å². The van der Waals surface area contributed by atoms with Gasteiger partial charge in [-0.2, -0.15) is 0 Å². The Morgan fingerprint density at radius 3 is 2.56 bits per heavy atom. The number of piperidine rings is 1. The molecule has 1 saturated heterocycles. The van der Waals surface area contributed by atoms with Crippen molar-refractivity contribution < 1.29 is 14.7 Å². The predicted octanol–water partition coefficient (Wildman–Crippen LogP) is 3.99. The standard InChI is InChI=1S/C25H27N3O3S/c29-16-19-9-13-28(14-10-19)25-27-22(17-32-25)24(31)15-20-3-1-2-4-21(20)23(30)6-5-18-7-11-26-12-8-18/h1-4,7-8,11-12,17,19,29H,5-6,9-10,13-16H2. The van der Waals surface area contributed by atoms with Crippen molar-refractivity contribution in [3.05, 3.63) is 76.6 Å². The molecule has 3 aromatic rings. The highest BCUT2D eigenvalue weighted by molar-refractivity contribution is 7.13. The van der Waals surface area contributed by atoms with Gasteiger partial charge in [0.1, 0.15) is 5.69 Å². The van der Waals surface area contributed by atoms with E-state index in [4.69, 9.17) is 0 Å². The molecule has 0 atom stereocenters. The number of carbonyl (C=O) groups is 2. The minimum atomic E-state index is -0.0767. The van der Waals surface area contributed by atoms with E-state index in [1.165, 1.54) is 11.3 Å². The van der Waals surface area contributed by atoms with Gasteiger partial charge in [0.2, 0.25) is 0 Å². The Balaban J connectivity index is 1.40. The summed E-state index contributed by atoms with van der Waals surface area (Å²) in [7, 11) is 0. The molecular weight excluding hydrogens is 422 g/mol. The van der Waals surface area contributed by atoms with Crippen LogP contribution in [0.2, 0.25) is 0 Å². The van der Waals surface area contributed by atoms with Crippen molar-refractivity contribution in [3.8, 4) is 0 Å². The minimum Gasteiger partial charge on any atom is -0.396 e. The van der Waals surface area contributed by atoms with Crippen molar-refractivity contribution in [3.63, 3.8) is 0 Å². The summed E-state index contributed by atoms with van der Waals surface area (Å²) in [5.41, 5.74) is 2.88. The highest BCUT2D eigenvalue weighted by Crippen LogP contribution is 2.27. The Morgan fingerprint density at radius 2 is 1.81 bits per heavy atom. The summed E-state index contributed by atoms with van der Waals surface area (Å²) in [6.07, 6.45) is 6.52. The van der Waals surface area contributed by atoms with E-state index in [0.717, 1.165) is 42.2 Å². The van der Waals surface area contributed by atoms with Crippen LogP contribution in [-0.2, 0) is 12.8 Å². The number of ketones is 2. The molecule has 0 spiro atoms. The van der Waals surface area contributed by atoms with Crippen molar-refractivity contribution in [2.24, 2.45) is 5.92 Å². The summed E-state index contributed by atoms with van der Waals surface area (Å²) >= 11 is 1.48. The zero-order valence-electron chi connectivity index (χ0n) is 17.9. The average Bonchev–Trinajstić information content (AvgIpc) is 3.34. The predicted molar refractivity (Wildman–Crippen MR) is 126 cm³/mol. The van der Waals surface area contributed by atoms with Gasteiger partial charge in [0.15, 0.2) is 16.7 Å². The van der Waals surface area contributed by atoms with Gasteiger partial charge in [0.25, 0.3) is 0 Å². The lowest BCUT2D eigenvalue weighted by molar-refractivity contribution is 0.0980. The summed E-state index contributed by atoms with van der Waals surface area (Å²) in [5, 5.41) is 12.0. The second-order valence-electron chi connectivity index (χ2n) is 8.16. The third kappa shape index (κ3) is 5.47. The van der Waals surface area contributed by atoms with Crippen molar-refractivity contribution in [1.29, 1.82) is 0 Å². The van der Waals surface area contributed by atoms with Gasteiger partial charge in [0.05, 0.1) is 0 Å². The molecule has 7 heteroatoms. The van der Waals surface area contributed by atoms with Crippen LogP contribution in [0, 0.1) is 5.92 Å². The molecule has 1 fully saturated rings. The molecule has 0 aliphatic carbocycles. The Morgan fingerprint density at radius 1 is 1.06 bits per heavy atom. The number of thiazole rings is 1. The number of aromatic nitrogens is 2. The van der Waals surface area contributed by atoms with Crippen LogP contribution >= 0.6 is 11.3 Å². The Hall–Kier alpha value is -2.90. The van der Waals surface area contributed by atoms with Crippen LogP contribution < -0.4 is 4.90 Å². The first kappa shape index (κ1) is 22.3. The number of aryl methyl sites for hydroxylation is 1. The average molecular weight is 450 g/mol. The normalized spacial score (nSPS) is 14.5. The van der Waals surface area contributed by atoms with Gasteiger partial charge in [-0.3, -0.25) is 14.6 Å². The third-order valence-corrected chi connectivity index (χ3v) is 6.88. The van der Waals surface area contributed by atoms with E-state index >= 15 is 0 Å². The SMILES string of the molecule is O=C(Cc1ccccc1C(=O)CCc1ccncc1)c1csc(N2CCC(CO)CC2)n1. The molecule has 0 bridgehead atoms. The summed E-state index contributed by atoms with van der Waals surface area (Å²) < 4.78 is 0. The summed E-state index contributed by atoms with van der Waals surface area (Å²) in [6, 6.07) is 11.2. The first-order chi connectivity index (χ1) is 15.6. The van der Waals surface area contributed by atoms with Gasteiger partial charge in [-0.1, -0.05) is 24.3 Å². The van der Waals surface area contributed by atoms with E-state index in [-0.39, 0.29) is 24.6 Å². The number of carbonyl (C=O) groups excluding carboxylic acids is 2. The molecule has 32 heavy (non-hydrogen) atoms. The Bertz CT molecular complexity index is 1060. The lowest BCUT2D eigenvalue weighted by atomic mass is 9.95. The van der Waals surface area contributed by atoms with Crippen LogP contribution in [0.25, 0.3) is 0 Å². The Labute approximate surface area is 192 Å². The van der Waals surface area contributed by atoms with Gasteiger partial charge in [-0.25, -0.2) is 4.98 Å². The second kappa shape index (κ2) is 10.6. The quantitative estimate of drug-likeness (QED) is 0.498. The van der Waals surface area contributed by atoms with Crippen LogP contribution in [0.5, 0.6) is 0 Å². The van der Waals surface area contributed by atoms with Gasteiger partial charge in [-0.05, 0) is 48.4 Å². The summed E-state index contributed by atoms with van der Waals surface area (Å²) in [4.78, 5) is 36.6. The number of rotatable bonds is 9. The van der Waals surface area contributed by atoms with Crippen molar-refractivity contribution in [2.75, 3.05) is 24.6 Å². The zero-order chi connectivity index (χ0) is 22.3. The molecule has 1 N–H and O–H groups in total. The molecule has 6 nitrogen and oxygen atoms in total. The molecule has 0 radical (unpaired) electrons. The van der Waals surface area contributed by atoms with Crippen LogP contribution in [-0.4, -0.2) is 46.3 Å². The lowest BCUT2D eigenvalue weighted by Gasteiger charge is -2.30. The van der Waals surface area contributed by atoms with Crippen LogP contribution in [0.1, 0.15) is 51.2 Å². The largest absolute Gasteiger partial charge is 0.396 e. The number of hydrogen-bond acceptors (Lipinski definition) is 7. The lowest BCUT2D eigenvalue weighted by Crippen LogP contribution is -2.34. The van der Waals surface area contributed by atoms with Crippen LogP contribution in [0.15, 0.2) is 54.2 Å². The highest BCUT2D eigenvalue weighted by atomic mass is 32.1. The fourth-order valence-electron chi connectivity index (χ4n) is 4.00. The second-order valence-corrected chi connectivity index (χ2v) is 9.00. The first-order valence-electron chi connectivity index (χ1n) is 11.0. The number of aliphatic hydroxyl groups is 1. The maximum absolute atomic E-state index is 12.9. The number of aliphatic hydroxyl groups excluding tert-OH is 1. The number of nitrogens with zero attached hydrogens (tertiary/aromatic N) is 3. The monoisotopic (exact) mass is 449 g/mol. The topological polar surface area (TPSA) is 83.4 Å². The number of Topliss-reactive ketones (excluding diaryl/α,β-unsaturated/α-hetero) is 2. The van der Waals surface area contributed by atoms with Crippen molar-refractivity contribution in [2.45, 2.75) is 32.1 Å². The highest BCUT2D eigenvalue weighted by Gasteiger charge is 2.22. The van der Waals surface area contributed by atoms with E-state index in [0.29, 0.717) is 30.0 Å². The van der Waals surface area contributed by atoms with E-state index < -0.39 is 0 Å². The molecule has 166 valence electrons. The smallest absolute Gasteiger partial charge is 0.186 e. The maximum atomic E-state index is 12.9. The molecule has 0 unspecified atom stereocenters. The Kier molecular flexibility index (Phi) is 7.39. The van der Waals surface area contributed by atoms with Gasteiger partial charge in [-0.15, -0.1) is 11.3 Å². The molecule has 1 aliphatic heterocycles. The van der Waals surface area contributed by atoms with E-state index in [2.05, 4.69) is 14.9 Å². The summed E-state index contributed by atoms with van der Waals surface area (Å²) in [5.74, 6) is 0.322. The molecule has 1 aliphatic rings. The molecule has 0 amide bonds. The maximum Gasteiger partial charge on any atom is 0.186 e. The van der Waals surface area contributed by atoms with Crippen LogP contribution in [0.3, 0.4) is 0 Å². The molecule has 2 aromatic heterocycles. The van der Waals surface area contributed by atoms with Crippen molar-refractivity contribution >= 4 is 28.0 Å². The van der Waals surface area contributed by atoms with Crippen LogP contribution in [0.4, 0.5) is 5.13 Å². The molecule has 0 saturated carbocycles.